The first kappa shape index (κ1) is 13.1. The molecule has 98 valence electrons. The molecule has 0 unspecified atom stereocenters. The fourth-order valence-electron chi connectivity index (χ4n) is 2.01. The van der Waals surface area contributed by atoms with Crippen LogP contribution in [0.3, 0.4) is 0 Å². The lowest BCUT2D eigenvalue weighted by atomic mass is 10.1. The molecule has 0 heterocycles. The van der Waals surface area contributed by atoms with E-state index >= 15 is 0 Å². The normalized spacial score (nSPS) is 16.3. The van der Waals surface area contributed by atoms with Gasteiger partial charge in [-0.1, -0.05) is 29.8 Å². The van der Waals surface area contributed by atoms with Crippen LogP contribution in [0.15, 0.2) is 24.3 Å². The maximum absolute atomic E-state index is 11.8. The van der Waals surface area contributed by atoms with Crippen molar-refractivity contribution in [2.45, 2.75) is 45.2 Å². The molecule has 1 aliphatic rings. The zero-order chi connectivity index (χ0) is 13.0. The third-order valence-corrected chi connectivity index (χ3v) is 3.28. The third-order valence-electron chi connectivity index (χ3n) is 3.28. The Kier molecular flexibility index (Phi) is 4.37. The molecule has 1 aliphatic carbocycles. The standard InChI is InChI=1S/C15H22N2O/c1-11-4-3-5-13(10-11)12(2)17-15(18)8-9-16-14-6-7-14/h3-5,10,12,14,16H,6-9H2,1-2H3,(H,17,18)/t12-/m1/s1. The van der Waals surface area contributed by atoms with E-state index in [-0.39, 0.29) is 11.9 Å². The number of benzene rings is 1. The predicted molar refractivity (Wildman–Crippen MR) is 73.4 cm³/mol. The van der Waals surface area contributed by atoms with Crippen LogP contribution in [0.25, 0.3) is 0 Å². The van der Waals surface area contributed by atoms with E-state index in [0.29, 0.717) is 12.5 Å². The first-order valence-corrected chi connectivity index (χ1v) is 6.74. The van der Waals surface area contributed by atoms with Gasteiger partial charge in [0.05, 0.1) is 6.04 Å². The lowest BCUT2D eigenvalue weighted by Crippen LogP contribution is -2.30. The summed E-state index contributed by atoms with van der Waals surface area (Å²) in [7, 11) is 0. The molecule has 0 spiro atoms. The second-order valence-electron chi connectivity index (χ2n) is 5.18. The minimum absolute atomic E-state index is 0.0818. The van der Waals surface area contributed by atoms with Crippen molar-refractivity contribution < 1.29 is 4.79 Å². The number of hydrogen-bond acceptors (Lipinski definition) is 2. The monoisotopic (exact) mass is 246 g/mol. The van der Waals surface area contributed by atoms with Gasteiger partial charge in [-0.05, 0) is 32.3 Å². The smallest absolute Gasteiger partial charge is 0.221 e. The van der Waals surface area contributed by atoms with E-state index in [2.05, 4.69) is 35.8 Å². The van der Waals surface area contributed by atoms with Crippen molar-refractivity contribution in [2.24, 2.45) is 0 Å². The van der Waals surface area contributed by atoms with Crippen molar-refractivity contribution in [3.63, 3.8) is 0 Å². The molecule has 3 heteroatoms. The Balaban J connectivity index is 1.75. The Morgan fingerprint density at radius 2 is 2.22 bits per heavy atom. The molecular weight excluding hydrogens is 224 g/mol. The minimum Gasteiger partial charge on any atom is -0.350 e. The average Bonchev–Trinajstić information content (AvgIpc) is 3.13. The maximum Gasteiger partial charge on any atom is 0.221 e. The van der Waals surface area contributed by atoms with E-state index in [0.717, 1.165) is 6.54 Å². The summed E-state index contributed by atoms with van der Waals surface area (Å²) in [4.78, 5) is 11.8. The molecule has 0 bridgehead atoms. The van der Waals surface area contributed by atoms with E-state index < -0.39 is 0 Å². The zero-order valence-electron chi connectivity index (χ0n) is 11.2. The fraction of sp³-hybridized carbons (Fsp3) is 0.533. The van der Waals surface area contributed by atoms with Gasteiger partial charge < -0.3 is 10.6 Å². The highest BCUT2D eigenvalue weighted by Gasteiger charge is 2.20. The highest BCUT2D eigenvalue weighted by Crippen LogP contribution is 2.18. The second kappa shape index (κ2) is 6.01. The molecule has 0 saturated heterocycles. The van der Waals surface area contributed by atoms with Crippen LogP contribution in [-0.4, -0.2) is 18.5 Å². The summed E-state index contributed by atoms with van der Waals surface area (Å²) in [6.07, 6.45) is 3.09. The zero-order valence-corrected chi connectivity index (χ0v) is 11.2. The van der Waals surface area contributed by atoms with Gasteiger partial charge >= 0.3 is 0 Å². The molecule has 3 nitrogen and oxygen atoms in total. The summed E-state index contributed by atoms with van der Waals surface area (Å²) in [5.41, 5.74) is 2.39. The van der Waals surface area contributed by atoms with E-state index in [1.54, 1.807) is 0 Å². The Bertz CT molecular complexity index is 413. The van der Waals surface area contributed by atoms with Crippen molar-refractivity contribution in [3.8, 4) is 0 Å². The number of carbonyl (C=O) groups excluding carboxylic acids is 1. The molecule has 2 rings (SSSR count). The van der Waals surface area contributed by atoms with Gasteiger partial charge in [-0.2, -0.15) is 0 Å². The number of amides is 1. The molecule has 1 aromatic rings. The number of aryl methyl sites for hydroxylation is 1. The summed E-state index contributed by atoms with van der Waals surface area (Å²) in [6.45, 7) is 4.88. The van der Waals surface area contributed by atoms with E-state index in [9.17, 15) is 4.79 Å². The van der Waals surface area contributed by atoms with Gasteiger partial charge in [0.1, 0.15) is 0 Å². The maximum atomic E-state index is 11.8. The van der Waals surface area contributed by atoms with Crippen molar-refractivity contribution in [1.29, 1.82) is 0 Å². The van der Waals surface area contributed by atoms with Gasteiger partial charge in [0.15, 0.2) is 0 Å². The third kappa shape index (κ3) is 4.15. The van der Waals surface area contributed by atoms with Crippen molar-refractivity contribution in [1.82, 2.24) is 10.6 Å². The van der Waals surface area contributed by atoms with Crippen molar-refractivity contribution in [2.75, 3.05) is 6.54 Å². The number of hydrogen-bond donors (Lipinski definition) is 2. The second-order valence-corrected chi connectivity index (χ2v) is 5.18. The van der Waals surface area contributed by atoms with Gasteiger partial charge in [0.25, 0.3) is 0 Å². The van der Waals surface area contributed by atoms with Gasteiger partial charge in [-0.3, -0.25) is 4.79 Å². The Morgan fingerprint density at radius 3 is 2.89 bits per heavy atom. The van der Waals surface area contributed by atoms with Crippen LogP contribution < -0.4 is 10.6 Å². The van der Waals surface area contributed by atoms with Crippen LogP contribution in [0.5, 0.6) is 0 Å². The van der Waals surface area contributed by atoms with Gasteiger partial charge in [0, 0.05) is 19.0 Å². The highest BCUT2D eigenvalue weighted by atomic mass is 16.1. The van der Waals surface area contributed by atoms with Crippen LogP contribution in [0, 0.1) is 6.92 Å². The first-order chi connectivity index (χ1) is 8.65. The predicted octanol–water partition coefficient (Wildman–Crippen LogP) is 2.31. The van der Waals surface area contributed by atoms with Crippen LogP contribution in [0.1, 0.15) is 43.4 Å². The molecule has 2 N–H and O–H groups in total. The molecular formula is C15H22N2O. The van der Waals surface area contributed by atoms with Gasteiger partial charge in [-0.15, -0.1) is 0 Å². The average molecular weight is 246 g/mol. The van der Waals surface area contributed by atoms with Crippen LogP contribution in [-0.2, 0) is 4.79 Å². The Morgan fingerprint density at radius 1 is 1.44 bits per heavy atom. The molecule has 0 aliphatic heterocycles. The topological polar surface area (TPSA) is 41.1 Å². The van der Waals surface area contributed by atoms with E-state index in [1.165, 1.54) is 24.0 Å². The largest absolute Gasteiger partial charge is 0.350 e. The first-order valence-electron chi connectivity index (χ1n) is 6.74. The highest BCUT2D eigenvalue weighted by molar-refractivity contribution is 5.76. The lowest BCUT2D eigenvalue weighted by molar-refractivity contribution is -0.121. The lowest BCUT2D eigenvalue weighted by Gasteiger charge is -2.15. The fourth-order valence-corrected chi connectivity index (χ4v) is 2.01. The number of nitrogens with one attached hydrogen (secondary N) is 2. The number of rotatable bonds is 6. The SMILES string of the molecule is Cc1cccc([C@@H](C)NC(=O)CCNC2CC2)c1. The summed E-state index contributed by atoms with van der Waals surface area (Å²) < 4.78 is 0. The molecule has 0 radical (unpaired) electrons. The molecule has 1 saturated carbocycles. The summed E-state index contributed by atoms with van der Waals surface area (Å²) in [6, 6.07) is 9.03. The van der Waals surface area contributed by atoms with Crippen LogP contribution in [0.4, 0.5) is 0 Å². The van der Waals surface area contributed by atoms with E-state index in [4.69, 9.17) is 0 Å². The van der Waals surface area contributed by atoms with Crippen LogP contribution >= 0.6 is 0 Å². The quantitative estimate of drug-likeness (QED) is 0.808. The Labute approximate surface area is 109 Å². The van der Waals surface area contributed by atoms with Crippen molar-refractivity contribution >= 4 is 5.91 Å². The molecule has 0 aromatic heterocycles. The molecule has 1 fully saturated rings. The van der Waals surface area contributed by atoms with Crippen LogP contribution in [0.2, 0.25) is 0 Å². The van der Waals surface area contributed by atoms with Crippen molar-refractivity contribution in [3.05, 3.63) is 35.4 Å². The summed E-state index contributed by atoms with van der Waals surface area (Å²) in [5, 5.41) is 6.39. The summed E-state index contributed by atoms with van der Waals surface area (Å²) >= 11 is 0. The molecule has 1 atom stereocenters. The molecule has 1 aromatic carbocycles. The Hall–Kier alpha value is -1.35. The minimum atomic E-state index is 0.0818. The van der Waals surface area contributed by atoms with Gasteiger partial charge in [0.2, 0.25) is 5.91 Å². The summed E-state index contributed by atoms with van der Waals surface area (Å²) in [5.74, 6) is 0.122. The van der Waals surface area contributed by atoms with E-state index in [1.807, 2.05) is 13.0 Å². The van der Waals surface area contributed by atoms with Gasteiger partial charge in [-0.25, -0.2) is 0 Å². The molecule has 1 amide bonds. The molecule has 18 heavy (non-hydrogen) atoms. The number of carbonyl (C=O) groups is 1.